The number of unbranched alkanes of at least 4 members (excludes halogenated alkanes) is 44. The molecule has 1 amide bonds. The third kappa shape index (κ3) is 54.0. The number of aliphatic hydroxyl groups excluding tert-OH is 3. The molecule has 0 aromatic heterocycles. The molecule has 0 saturated heterocycles. The molecule has 5 heteroatoms. The molecular weight excluding hydrogens is 823 g/mol. The maximum absolute atomic E-state index is 12.5. The van der Waals surface area contributed by atoms with Gasteiger partial charge in [0.1, 0.15) is 0 Å². The zero-order chi connectivity index (χ0) is 48.6. The molecule has 3 atom stereocenters. The Morgan fingerprint density at radius 1 is 0.373 bits per heavy atom. The number of allylic oxidation sites excluding steroid dienone is 4. The molecule has 3 unspecified atom stereocenters. The third-order valence-corrected chi connectivity index (χ3v) is 14.5. The summed E-state index contributed by atoms with van der Waals surface area (Å²) in [6, 6.07) is -0.657. The average molecular weight is 945 g/mol. The fourth-order valence-corrected chi connectivity index (χ4v) is 9.85. The fourth-order valence-electron chi connectivity index (χ4n) is 9.85. The molecule has 0 aliphatic carbocycles. The Bertz CT molecular complexity index is 998. The zero-order valence-corrected chi connectivity index (χ0v) is 45.6. The summed E-state index contributed by atoms with van der Waals surface area (Å²) in [7, 11) is 0. The largest absolute Gasteiger partial charge is 0.394 e. The number of nitrogens with one attached hydrogen (secondary N) is 1. The molecule has 0 aromatic carbocycles. The molecule has 0 spiro atoms. The lowest BCUT2D eigenvalue weighted by atomic mass is 10.0. The molecule has 0 bridgehead atoms. The van der Waals surface area contributed by atoms with E-state index in [1.165, 1.54) is 276 Å². The number of rotatable bonds is 57. The Morgan fingerprint density at radius 2 is 0.642 bits per heavy atom. The van der Waals surface area contributed by atoms with Crippen molar-refractivity contribution >= 4 is 5.91 Å². The summed E-state index contributed by atoms with van der Waals surface area (Å²) in [5.41, 5.74) is 0. The second-order valence-electron chi connectivity index (χ2n) is 21.3. The van der Waals surface area contributed by atoms with Crippen LogP contribution in [0.4, 0.5) is 0 Å². The highest BCUT2D eigenvalue weighted by Gasteiger charge is 2.21. The topological polar surface area (TPSA) is 89.8 Å². The van der Waals surface area contributed by atoms with Crippen molar-refractivity contribution < 1.29 is 20.1 Å². The standard InChI is InChI=1S/C62H121NO4/c1-3-5-7-9-11-13-15-17-19-20-21-22-23-24-25-26-27-28-29-30-31-32-33-34-35-36-37-38-39-40-42-43-45-47-49-51-53-55-59(65)57-62(67)63-60(58-64)61(66)56-54-52-50-48-46-44-41-18-16-14-12-10-8-6-4-2/h27-28,30-31,59-61,64-66H,3-26,29,32-58H2,1-2H3,(H,63,67)/b28-27-,31-30-. The Labute approximate surface area is 420 Å². The maximum atomic E-state index is 12.5. The minimum Gasteiger partial charge on any atom is -0.394 e. The summed E-state index contributed by atoms with van der Waals surface area (Å²) in [5.74, 6) is -0.278. The first-order valence-corrected chi connectivity index (χ1v) is 30.6. The number of hydrogen-bond donors (Lipinski definition) is 4. The Morgan fingerprint density at radius 3 is 0.940 bits per heavy atom. The molecule has 0 heterocycles. The van der Waals surface area contributed by atoms with Crippen LogP contribution in [-0.4, -0.2) is 46.1 Å². The molecule has 0 fully saturated rings. The number of amides is 1. The zero-order valence-electron chi connectivity index (χ0n) is 45.6. The Kier molecular flexibility index (Phi) is 56.4. The number of carbonyl (C=O) groups excluding carboxylic acids is 1. The van der Waals surface area contributed by atoms with Crippen LogP contribution in [0.1, 0.15) is 341 Å². The SMILES string of the molecule is CCCCCCCCCCCCCCCCC/C=C\C/C=C\CCCCCCCCCCCCCCCCCC(O)CC(=O)NC(CO)C(O)CCCCCCCCCCCCCCCCC. The highest BCUT2D eigenvalue weighted by atomic mass is 16.3. The highest BCUT2D eigenvalue weighted by molar-refractivity contribution is 5.76. The molecule has 67 heavy (non-hydrogen) atoms. The van der Waals surface area contributed by atoms with Crippen molar-refractivity contribution in [3.8, 4) is 0 Å². The normalized spacial score (nSPS) is 13.3. The van der Waals surface area contributed by atoms with Gasteiger partial charge in [-0.05, 0) is 44.9 Å². The van der Waals surface area contributed by atoms with Crippen LogP contribution in [0.25, 0.3) is 0 Å². The first-order chi connectivity index (χ1) is 33.0. The molecule has 0 radical (unpaired) electrons. The Balaban J connectivity index is 3.45. The van der Waals surface area contributed by atoms with E-state index in [4.69, 9.17) is 0 Å². The van der Waals surface area contributed by atoms with Crippen molar-refractivity contribution in [1.29, 1.82) is 0 Å². The molecule has 0 aliphatic heterocycles. The summed E-state index contributed by atoms with van der Waals surface area (Å²) in [6.07, 6.45) is 73.7. The van der Waals surface area contributed by atoms with E-state index >= 15 is 0 Å². The minimum absolute atomic E-state index is 0.0393. The van der Waals surface area contributed by atoms with Crippen LogP contribution in [0.3, 0.4) is 0 Å². The first-order valence-electron chi connectivity index (χ1n) is 30.6. The van der Waals surface area contributed by atoms with Gasteiger partial charge in [0.15, 0.2) is 0 Å². The van der Waals surface area contributed by atoms with E-state index in [0.29, 0.717) is 12.8 Å². The maximum Gasteiger partial charge on any atom is 0.222 e. The smallest absolute Gasteiger partial charge is 0.222 e. The van der Waals surface area contributed by atoms with Crippen molar-refractivity contribution in [2.75, 3.05) is 6.61 Å². The molecule has 5 nitrogen and oxygen atoms in total. The second-order valence-corrected chi connectivity index (χ2v) is 21.3. The number of aliphatic hydroxyl groups is 3. The molecule has 0 rings (SSSR count). The van der Waals surface area contributed by atoms with E-state index in [1.807, 2.05) is 0 Å². The monoisotopic (exact) mass is 944 g/mol. The number of hydrogen-bond acceptors (Lipinski definition) is 4. The van der Waals surface area contributed by atoms with Gasteiger partial charge in [-0.2, -0.15) is 0 Å². The summed E-state index contributed by atoms with van der Waals surface area (Å²) < 4.78 is 0. The highest BCUT2D eigenvalue weighted by Crippen LogP contribution is 2.18. The van der Waals surface area contributed by atoms with Crippen molar-refractivity contribution in [3.63, 3.8) is 0 Å². The van der Waals surface area contributed by atoms with E-state index < -0.39 is 18.2 Å². The summed E-state index contributed by atoms with van der Waals surface area (Å²) in [6.45, 7) is 4.30. The second kappa shape index (κ2) is 57.4. The van der Waals surface area contributed by atoms with Crippen LogP contribution in [-0.2, 0) is 4.79 Å². The predicted octanol–water partition coefficient (Wildman–Crippen LogP) is 19.2. The summed E-state index contributed by atoms with van der Waals surface area (Å²) in [4.78, 5) is 12.5. The van der Waals surface area contributed by atoms with E-state index in [9.17, 15) is 20.1 Å². The minimum atomic E-state index is -0.748. The van der Waals surface area contributed by atoms with E-state index in [-0.39, 0.29) is 18.9 Å². The third-order valence-electron chi connectivity index (χ3n) is 14.5. The Hall–Kier alpha value is -1.17. The van der Waals surface area contributed by atoms with Crippen LogP contribution in [0, 0.1) is 0 Å². The fraction of sp³-hybridized carbons (Fsp3) is 0.919. The van der Waals surface area contributed by atoms with Crippen LogP contribution >= 0.6 is 0 Å². The van der Waals surface area contributed by atoms with Gasteiger partial charge >= 0.3 is 0 Å². The molecule has 4 N–H and O–H groups in total. The van der Waals surface area contributed by atoms with Crippen LogP contribution < -0.4 is 5.32 Å². The summed E-state index contributed by atoms with van der Waals surface area (Å²) in [5, 5.41) is 33.6. The molecule has 0 aliphatic rings. The van der Waals surface area contributed by atoms with Gasteiger partial charge in [-0.3, -0.25) is 4.79 Å². The van der Waals surface area contributed by atoms with E-state index in [2.05, 4.69) is 43.5 Å². The van der Waals surface area contributed by atoms with Gasteiger partial charge < -0.3 is 20.6 Å². The van der Waals surface area contributed by atoms with E-state index in [1.54, 1.807) is 0 Å². The van der Waals surface area contributed by atoms with Gasteiger partial charge in [0, 0.05) is 0 Å². The van der Waals surface area contributed by atoms with Crippen molar-refractivity contribution in [1.82, 2.24) is 5.32 Å². The average Bonchev–Trinajstić information content (AvgIpc) is 3.32. The van der Waals surface area contributed by atoms with Gasteiger partial charge in [-0.25, -0.2) is 0 Å². The van der Waals surface area contributed by atoms with Crippen LogP contribution in [0.15, 0.2) is 24.3 Å². The predicted molar refractivity (Wildman–Crippen MR) is 296 cm³/mol. The quantitative estimate of drug-likeness (QED) is 0.0361. The molecule has 0 aromatic rings. The molecular formula is C62H121NO4. The van der Waals surface area contributed by atoms with Crippen molar-refractivity contribution in [2.24, 2.45) is 0 Å². The van der Waals surface area contributed by atoms with Gasteiger partial charge in [-0.1, -0.05) is 314 Å². The van der Waals surface area contributed by atoms with Gasteiger partial charge in [-0.15, -0.1) is 0 Å². The lowest BCUT2D eigenvalue weighted by Crippen LogP contribution is -2.46. The molecule has 398 valence electrons. The van der Waals surface area contributed by atoms with Gasteiger partial charge in [0.25, 0.3) is 0 Å². The molecule has 0 saturated carbocycles. The lowest BCUT2D eigenvalue weighted by Gasteiger charge is -2.23. The van der Waals surface area contributed by atoms with Gasteiger partial charge in [0.05, 0.1) is 31.3 Å². The van der Waals surface area contributed by atoms with Gasteiger partial charge in [0.2, 0.25) is 5.91 Å². The lowest BCUT2D eigenvalue weighted by molar-refractivity contribution is -0.125. The van der Waals surface area contributed by atoms with Crippen molar-refractivity contribution in [3.05, 3.63) is 24.3 Å². The first kappa shape index (κ1) is 65.8. The van der Waals surface area contributed by atoms with Crippen molar-refractivity contribution in [2.45, 2.75) is 360 Å². The van der Waals surface area contributed by atoms with E-state index in [0.717, 1.165) is 32.1 Å². The summed E-state index contributed by atoms with van der Waals surface area (Å²) >= 11 is 0. The van der Waals surface area contributed by atoms with Crippen LogP contribution in [0.5, 0.6) is 0 Å². The van der Waals surface area contributed by atoms with Crippen LogP contribution in [0.2, 0.25) is 0 Å². The number of carbonyl (C=O) groups is 1.